The Morgan fingerprint density at radius 3 is 1.41 bits per heavy atom. The molecule has 0 N–H and O–H groups in total. The Hall–Kier alpha value is -0.310. The van der Waals surface area contributed by atoms with Gasteiger partial charge in [-0.05, 0) is 0 Å². The van der Waals surface area contributed by atoms with Crippen LogP contribution in [0.3, 0.4) is 0 Å². The van der Waals surface area contributed by atoms with Crippen LogP contribution < -0.4 is 0 Å². The molecule has 0 aromatic heterocycles. The molecule has 0 spiro atoms. The van der Waals surface area contributed by atoms with Crippen LogP contribution in [0.15, 0.2) is 0 Å². The van der Waals surface area contributed by atoms with E-state index in [2.05, 4.69) is 0 Å². The second-order valence-electron chi connectivity index (χ2n) is 5.20. The van der Waals surface area contributed by atoms with Gasteiger partial charge in [0.25, 0.3) is 0 Å². The molecule has 0 amide bonds. The molecule has 0 aliphatic rings. The van der Waals surface area contributed by atoms with Gasteiger partial charge in [0.15, 0.2) is 0 Å². The molecule has 0 radical (unpaired) electrons. The molecule has 17 heavy (non-hydrogen) atoms. The first-order valence-electron chi connectivity index (χ1n) is 5.76. The summed E-state index contributed by atoms with van der Waals surface area (Å²) in [5.41, 5.74) is -0.142. The maximum atomic E-state index is 12.3. The Morgan fingerprint density at radius 1 is 0.941 bits per heavy atom. The molecular formula is C11H22F3O2P. The van der Waals surface area contributed by atoms with Crippen molar-refractivity contribution < 1.29 is 22.5 Å². The van der Waals surface area contributed by atoms with E-state index in [1.165, 1.54) is 0 Å². The van der Waals surface area contributed by atoms with E-state index in [-0.39, 0.29) is 17.0 Å². The molecule has 0 atom stereocenters. The fourth-order valence-corrected chi connectivity index (χ4v) is 7.72. The Balaban J connectivity index is 5.28. The molecule has 0 heterocycles. The molecule has 0 rings (SSSR count). The van der Waals surface area contributed by atoms with Gasteiger partial charge in [0, 0.05) is 0 Å². The zero-order chi connectivity index (χ0) is 14.0. The van der Waals surface area contributed by atoms with Gasteiger partial charge < -0.3 is 0 Å². The van der Waals surface area contributed by atoms with E-state index in [1.807, 2.05) is 41.5 Å². The van der Waals surface area contributed by atoms with Crippen LogP contribution in [0.25, 0.3) is 0 Å². The van der Waals surface area contributed by atoms with Gasteiger partial charge in [-0.2, -0.15) is 0 Å². The van der Waals surface area contributed by atoms with Crippen molar-refractivity contribution in [2.75, 3.05) is 0 Å². The van der Waals surface area contributed by atoms with Gasteiger partial charge in [0.2, 0.25) is 0 Å². The van der Waals surface area contributed by atoms with Gasteiger partial charge in [-0.15, -0.1) is 0 Å². The summed E-state index contributed by atoms with van der Waals surface area (Å²) < 4.78 is 41.9. The third-order valence-corrected chi connectivity index (χ3v) is 9.16. The molecule has 2 nitrogen and oxygen atoms in total. The Morgan fingerprint density at radius 2 is 1.24 bits per heavy atom. The molecule has 0 aromatic carbocycles. The molecule has 0 unspecified atom stereocenters. The van der Waals surface area contributed by atoms with Crippen LogP contribution in [0.5, 0.6) is 0 Å². The molecule has 0 aromatic rings. The summed E-state index contributed by atoms with van der Waals surface area (Å²) in [6.45, 7) is 11.0. The molecule has 6 heteroatoms. The van der Waals surface area contributed by atoms with Crippen molar-refractivity contribution in [1.29, 1.82) is 0 Å². The first-order valence-corrected chi connectivity index (χ1v) is 7.90. The summed E-state index contributed by atoms with van der Waals surface area (Å²) >= 11 is 0. The Bertz CT molecular complexity index is 251. The fraction of sp³-hybridized carbons (Fsp3) is 0.909. The Kier molecular flexibility index (Phi) is 5.45. The van der Waals surface area contributed by atoms with Crippen LogP contribution in [0, 0.1) is 0 Å². The zero-order valence-corrected chi connectivity index (χ0v) is 12.2. The number of carbonyl (C=O) groups excluding carboxylic acids is 1. The molecule has 0 aliphatic carbocycles. The Labute approximate surface area is 101 Å². The minimum atomic E-state index is -4.91. The quantitative estimate of drug-likeness (QED) is 0.725. The van der Waals surface area contributed by atoms with Gasteiger partial charge in [-0.25, -0.2) is 0 Å². The monoisotopic (exact) mass is 274 g/mol. The molecular weight excluding hydrogens is 252 g/mol. The summed E-state index contributed by atoms with van der Waals surface area (Å²) in [7, 11) is -2.77. The third kappa shape index (κ3) is 3.57. The summed E-state index contributed by atoms with van der Waals surface area (Å²) in [6, 6.07) is 0. The van der Waals surface area contributed by atoms with Crippen LogP contribution in [0.2, 0.25) is 0 Å². The van der Waals surface area contributed by atoms with Crippen LogP contribution >= 0.6 is 7.49 Å². The molecule has 0 fully saturated rings. The van der Waals surface area contributed by atoms with Gasteiger partial charge >= 0.3 is 101 Å². The van der Waals surface area contributed by atoms with Gasteiger partial charge in [-0.1, -0.05) is 0 Å². The van der Waals surface area contributed by atoms with Crippen molar-refractivity contribution in [3.8, 4) is 0 Å². The van der Waals surface area contributed by atoms with E-state index >= 15 is 0 Å². The average molecular weight is 274 g/mol. The standard InChI is InChI=1S/C11H22F3O2P/c1-7(2)17(8(3)4,9(5)6)16-10(15)11(12,13)14/h7-9,17H,1-6H3. The maximum absolute atomic E-state index is 12.3. The van der Waals surface area contributed by atoms with E-state index in [9.17, 15) is 18.0 Å². The van der Waals surface area contributed by atoms with Crippen molar-refractivity contribution in [2.45, 2.75) is 64.7 Å². The van der Waals surface area contributed by atoms with E-state index < -0.39 is 19.6 Å². The first-order chi connectivity index (χ1) is 7.46. The normalized spacial score (nSPS) is 14.6. The van der Waals surface area contributed by atoms with Crippen LogP contribution in [0.4, 0.5) is 13.2 Å². The van der Waals surface area contributed by atoms with E-state index in [4.69, 9.17) is 4.52 Å². The number of hydrogen-bond acceptors (Lipinski definition) is 2. The van der Waals surface area contributed by atoms with Gasteiger partial charge in [-0.3, -0.25) is 0 Å². The van der Waals surface area contributed by atoms with Crippen molar-refractivity contribution >= 4 is 13.5 Å². The van der Waals surface area contributed by atoms with Crippen molar-refractivity contribution in [3.63, 3.8) is 0 Å². The van der Waals surface area contributed by atoms with Crippen molar-refractivity contribution in [1.82, 2.24) is 0 Å². The van der Waals surface area contributed by atoms with Crippen LogP contribution in [-0.2, 0) is 9.32 Å². The van der Waals surface area contributed by atoms with Crippen molar-refractivity contribution in [3.05, 3.63) is 0 Å². The number of carbonyl (C=O) groups is 1. The number of alkyl halides is 3. The second kappa shape index (κ2) is 5.55. The minimum absolute atomic E-state index is 0.0474. The fourth-order valence-electron chi connectivity index (χ4n) is 2.57. The molecule has 0 aliphatic heterocycles. The van der Waals surface area contributed by atoms with Crippen molar-refractivity contribution in [2.24, 2.45) is 0 Å². The third-order valence-electron chi connectivity index (χ3n) is 3.21. The molecule has 0 bridgehead atoms. The summed E-state index contributed by atoms with van der Waals surface area (Å²) in [5.74, 6) is -2.04. The first kappa shape index (κ1) is 16.7. The SMILES string of the molecule is CC(C)[PH](OC(=O)C(F)(F)F)(C(C)C)C(C)C. The summed E-state index contributed by atoms with van der Waals surface area (Å²) in [4.78, 5) is 11.1. The predicted octanol–water partition coefficient (Wildman–Crippen LogP) is 3.98. The molecule has 104 valence electrons. The van der Waals surface area contributed by atoms with E-state index in [0.717, 1.165) is 0 Å². The van der Waals surface area contributed by atoms with Crippen LogP contribution in [0.1, 0.15) is 41.5 Å². The second-order valence-corrected chi connectivity index (χ2v) is 10.6. The predicted molar refractivity (Wildman–Crippen MR) is 65.9 cm³/mol. The zero-order valence-electron chi connectivity index (χ0n) is 11.2. The summed E-state index contributed by atoms with van der Waals surface area (Å²) in [6.07, 6.45) is -4.91. The average Bonchev–Trinajstić information content (AvgIpc) is 2.09. The topological polar surface area (TPSA) is 26.3 Å². The molecule has 0 saturated heterocycles. The van der Waals surface area contributed by atoms with Gasteiger partial charge in [0.1, 0.15) is 0 Å². The van der Waals surface area contributed by atoms with E-state index in [0.29, 0.717) is 0 Å². The number of rotatable bonds is 4. The number of hydrogen-bond donors (Lipinski definition) is 0. The summed E-state index contributed by atoms with van der Waals surface area (Å²) in [5, 5.41) is 0. The van der Waals surface area contributed by atoms with Crippen LogP contribution in [-0.4, -0.2) is 29.1 Å². The van der Waals surface area contributed by atoms with E-state index in [1.54, 1.807) is 0 Å². The molecule has 0 saturated carbocycles. The number of halogens is 3. The van der Waals surface area contributed by atoms with Gasteiger partial charge in [0.05, 0.1) is 0 Å².